The van der Waals surface area contributed by atoms with E-state index in [9.17, 15) is 9.59 Å². The Kier molecular flexibility index (Phi) is 5.48. The van der Waals surface area contributed by atoms with Crippen LogP contribution in [0.15, 0.2) is 24.4 Å². The van der Waals surface area contributed by atoms with Crippen LogP contribution in [0, 0.1) is 17.8 Å². The molecule has 2 saturated carbocycles. The van der Waals surface area contributed by atoms with Crippen molar-refractivity contribution in [1.82, 2.24) is 15.6 Å². The van der Waals surface area contributed by atoms with Gasteiger partial charge in [-0.3, -0.25) is 14.6 Å². The average molecular weight is 329 g/mol. The third-order valence-electron chi connectivity index (χ3n) is 5.25. The van der Waals surface area contributed by atoms with Crippen molar-refractivity contribution in [1.29, 1.82) is 0 Å². The van der Waals surface area contributed by atoms with Crippen molar-refractivity contribution in [2.45, 2.75) is 51.5 Å². The Morgan fingerprint density at radius 2 is 1.92 bits per heavy atom. The fraction of sp³-hybridized carbons (Fsp3) is 0.632. The Morgan fingerprint density at radius 1 is 1.17 bits per heavy atom. The third kappa shape index (κ3) is 4.56. The molecule has 0 aromatic carbocycles. The highest BCUT2D eigenvalue weighted by Crippen LogP contribution is 2.37. The van der Waals surface area contributed by atoms with Gasteiger partial charge in [0.25, 0.3) is 0 Å². The number of hydrogen-bond donors (Lipinski definition) is 2. The number of pyridine rings is 1. The molecular weight excluding hydrogens is 302 g/mol. The van der Waals surface area contributed by atoms with Crippen molar-refractivity contribution in [2.75, 3.05) is 6.54 Å². The van der Waals surface area contributed by atoms with Crippen molar-refractivity contribution in [3.63, 3.8) is 0 Å². The fourth-order valence-corrected chi connectivity index (χ4v) is 3.62. The van der Waals surface area contributed by atoms with E-state index in [4.69, 9.17) is 0 Å². The monoisotopic (exact) mass is 329 g/mol. The lowest BCUT2D eigenvalue weighted by atomic mass is 9.77. The Morgan fingerprint density at radius 3 is 2.50 bits per heavy atom. The maximum Gasteiger partial charge on any atom is 0.223 e. The average Bonchev–Trinajstić information content (AvgIpc) is 3.44. The summed E-state index contributed by atoms with van der Waals surface area (Å²) in [7, 11) is 0. The van der Waals surface area contributed by atoms with Crippen molar-refractivity contribution in [3.8, 4) is 0 Å². The number of nitrogens with one attached hydrogen (secondary N) is 2. The van der Waals surface area contributed by atoms with Gasteiger partial charge in [0.05, 0.1) is 11.7 Å². The topological polar surface area (TPSA) is 71.1 Å². The molecule has 2 amide bonds. The van der Waals surface area contributed by atoms with Gasteiger partial charge in [0, 0.05) is 25.6 Å². The lowest BCUT2D eigenvalue weighted by Crippen LogP contribution is -2.37. The largest absolute Gasteiger partial charge is 0.356 e. The molecule has 0 unspecified atom stereocenters. The van der Waals surface area contributed by atoms with Crippen LogP contribution in [-0.2, 0) is 9.59 Å². The van der Waals surface area contributed by atoms with Gasteiger partial charge in [-0.05, 0) is 62.5 Å². The van der Waals surface area contributed by atoms with Crippen molar-refractivity contribution >= 4 is 11.8 Å². The van der Waals surface area contributed by atoms with Crippen molar-refractivity contribution in [2.24, 2.45) is 17.8 Å². The predicted molar refractivity (Wildman–Crippen MR) is 92.0 cm³/mol. The molecule has 1 aromatic heterocycles. The van der Waals surface area contributed by atoms with Crippen LogP contribution in [0.3, 0.4) is 0 Å². The number of hydrogen-bond acceptors (Lipinski definition) is 3. The fourth-order valence-electron chi connectivity index (χ4n) is 3.62. The highest BCUT2D eigenvalue weighted by molar-refractivity contribution is 5.81. The van der Waals surface area contributed by atoms with Crippen molar-refractivity contribution < 1.29 is 9.59 Å². The first-order valence-electron chi connectivity index (χ1n) is 9.09. The van der Waals surface area contributed by atoms with E-state index in [1.807, 2.05) is 18.2 Å². The van der Waals surface area contributed by atoms with Crippen LogP contribution in [0.5, 0.6) is 0 Å². The number of amides is 2. The summed E-state index contributed by atoms with van der Waals surface area (Å²) in [4.78, 5) is 27.8. The number of nitrogens with zero attached hydrogens (tertiary/aromatic N) is 1. The van der Waals surface area contributed by atoms with Crippen LogP contribution in [0.4, 0.5) is 0 Å². The molecule has 3 rings (SSSR count). The zero-order chi connectivity index (χ0) is 16.9. The highest BCUT2D eigenvalue weighted by Gasteiger charge is 2.35. The third-order valence-corrected chi connectivity index (χ3v) is 5.25. The van der Waals surface area contributed by atoms with Gasteiger partial charge in [-0.15, -0.1) is 0 Å². The molecule has 1 aromatic rings. The molecule has 0 spiro atoms. The molecule has 1 heterocycles. The van der Waals surface area contributed by atoms with Crippen LogP contribution >= 0.6 is 0 Å². The van der Waals surface area contributed by atoms with E-state index in [1.54, 1.807) is 13.1 Å². The first-order chi connectivity index (χ1) is 11.6. The first kappa shape index (κ1) is 16.9. The molecule has 2 aliphatic carbocycles. The van der Waals surface area contributed by atoms with Crippen LogP contribution in [0.1, 0.15) is 57.2 Å². The Labute approximate surface area is 143 Å². The summed E-state index contributed by atoms with van der Waals surface area (Å²) in [6.45, 7) is 2.33. The van der Waals surface area contributed by atoms with E-state index >= 15 is 0 Å². The second-order valence-electron chi connectivity index (χ2n) is 7.23. The lowest BCUT2D eigenvalue weighted by Gasteiger charge is -2.34. The van der Waals surface area contributed by atoms with Crippen LogP contribution < -0.4 is 10.6 Å². The van der Waals surface area contributed by atoms with Gasteiger partial charge in [0.15, 0.2) is 0 Å². The van der Waals surface area contributed by atoms with E-state index in [1.165, 1.54) is 0 Å². The molecule has 5 nitrogen and oxygen atoms in total. The molecule has 0 saturated heterocycles. The zero-order valence-corrected chi connectivity index (χ0v) is 14.3. The summed E-state index contributed by atoms with van der Waals surface area (Å²) in [6.07, 6.45) is 8.15. The summed E-state index contributed by atoms with van der Waals surface area (Å²) in [5, 5.41) is 6.18. The number of rotatable bonds is 6. The van der Waals surface area contributed by atoms with Gasteiger partial charge < -0.3 is 10.6 Å². The quantitative estimate of drug-likeness (QED) is 0.843. The Hall–Kier alpha value is -1.91. The molecule has 1 atom stereocenters. The summed E-state index contributed by atoms with van der Waals surface area (Å²) in [5.41, 5.74) is 0.969. The SMILES string of the molecule is CC(=O)NCC1CCC([C@H](NC(=O)C2CC2)c2ccccn2)CC1. The molecule has 130 valence electrons. The van der Waals surface area contributed by atoms with Gasteiger partial charge in [0.1, 0.15) is 0 Å². The second kappa shape index (κ2) is 7.77. The minimum atomic E-state index is 0.0148. The molecule has 2 N–H and O–H groups in total. The predicted octanol–water partition coefficient (Wildman–Crippen LogP) is 2.59. The summed E-state index contributed by atoms with van der Waals surface area (Å²) in [5.74, 6) is 1.42. The summed E-state index contributed by atoms with van der Waals surface area (Å²) < 4.78 is 0. The van der Waals surface area contributed by atoms with Gasteiger partial charge in [-0.1, -0.05) is 6.07 Å². The standard InChI is InChI=1S/C19H27N3O2/c1-13(23)21-12-14-5-7-15(8-6-14)18(17-4-2-3-11-20-17)22-19(24)16-9-10-16/h2-4,11,14-16,18H,5-10,12H2,1H3,(H,21,23)(H,22,24)/t14?,15?,18-/m0/s1. The Bertz CT molecular complexity index is 563. The molecule has 0 aliphatic heterocycles. The second-order valence-corrected chi connectivity index (χ2v) is 7.23. The molecule has 0 radical (unpaired) electrons. The Balaban J connectivity index is 1.61. The highest BCUT2D eigenvalue weighted by atomic mass is 16.2. The van der Waals surface area contributed by atoms with E-state index in [0.717, 1.165) is 50.8 Å². The van der Waals surface area contributed by atoms with E-state index < -0.39 is 0 Å². The van der Waals surface area contributed by atoms with E-state index in [0.29, 0.717) is 11.8 Å². The van der Waals surface area contributed by atoms with E-state index in [2.05, 4.69) is 15.6 Å². The molecular formula is C19H27N3O2. The minimum absolute atomic E-state index is 0.0148. The van der Waals surface area contributed by atoms with Gasteiger partial charge in [-0.25, -0.2) is 0 Å². The molecule has 2 fully saturated rings. The van der Waals surface area contributed by atoms with Gasteiger partial charge >= 0.3 is 0 Å². The molecule has 24 heavy (non-hydrogen) atoms. The summed E-state index contributed by atoms with van der Waals surface area (Å²) >= 11 is 0. The smallest absolute Gasteiger partial charge is 0.223 e. The lowest BCUT2D eigenvalue weighted by molar-refractivity contribution is -0.123. The molecule has 5 heteroatoms. The minimum Gasteiger partial charge on any atom is -0.356 e. The number of aromatic nitrogens is 1. The first-order valence-corrected chi connectivity index (χ1v) is 9.09. The van der Waals surface area contributed by atoms with Crippen LogP contribution in [0.2, 0.25) is 0 Å². The maximum atomic E-state index is 12.3. The summed E-state index contributed by atoms with van der Waals surface area (Å²) in [6, 6.07) is 5.93. The maximum absolute atomic E-state index is 12.3. The zero-order valence-electron chi connectivity index (χ0n) is 14.3. The van der Waals surface area contributed by atoms with E-state index in [-0.39, 0.29) is 23.8 Å². The van der Waals surface area contributed by atoms with Crippen LogP contribution in [-0.4, -0.2) is 23.3 Å². The van der Waals surface area contributed by atoms with Gasteiger partial charge in [-0.2, -0.15) is 0 Å². The molecule has 0 bridgehead atoms. The number of carbonyl (C=O) groups excluding carboxylic acids is 2. The van der Waals surface area contributed by atoms with Crippen LogP contribution in [0.25, 0.3) is 0 Å². The van der Waals surface area contributed by atoms with Gasteiger partial charge in [0.2, 0.25) is 11.8 Å². The molecule has 2 aliphatic rings. The van der Waals surface area contributed by atoms with Crippen molar-refractivity contribution in [3.05, 3.63) is 30.1 Å². The number of carbonyl (C=O) groups is 2. The normalized spacial score (nSPS) is 24.9.